The maximum absolute atomic E-state index is 12.7. The molecule has 1 aromatic rings. The zero-order valence-electron chi connectivity index (χ0n) is 14.3. The second-order valence-corrected chi connectivity index (χ2v) is 6.58. The van der Waals surface area contributed by atoms with Gasteiger partial charge in [-0.05, 0) is 24.2 Å². The number of carbonyl (C=O) groups excluding carboxylic acids is 2. The lowest BCUT2D eigenvalue weighted by Crippen LogP contribution is -2.49. The quantitative estimate of drug-likeness (QED) is 0.874. The van der Waals surface area contributed by atoms with Gasteiger partial charge in [-0.2, -0.15) is 0 Å². The predicted molar refractivity (Wildman–Crippen MR) is 90.8 cm³/mol. The Morgan fingerprint density at radius 2 is 2.12 bits per heavy atom. The summed E-state index contributed by atoms with van der Waals surface area (Å²) in [5.74, 6) is 0.752. The highest BCUT2D eigenvalue weighted by molar-refractivity contribution is 5.83. The standard InChI is InChI=1S/C18H25N3O3/c1-3-20-9-14-10-21(12-15(11-20)19-18(14)23)17(22)8-13-5-4-6-16(7-13)24-2/h4-7,14-15H,3,8-12H2,1-2H3,(H,19,23)/t14-,15+/m1/s1. The Hall–Kier alpha value is -2.08. The van der Waals surface area contributed by atoms with Gasteiger partial charge in [0, 0.05) is 26.2 Å². The van der Waals surface area contributed by atoms with Crippen molar-refractivity contribution in [1.29, 1.82) is 0 Å². The van der Waals surface area contributed by atoms with Gasteiger partial charge in [-0.3, -0.25) is 9.59 Å². The SMILES string of the molecule is CCN1C[C@H]2CN(C(=O)Cc3cccc(OC)c3)C[C@@H](C1)C(=O)N2. The number of methoxy groups -OCH3 is 1. The van der Waals surface area contributed by atoms with Gasteiger partial charge in [-0.1, -0.05) is 19.1 Å². The van der Waals surface area contributed by atoms with E-state index in [-0.39, 0.29) is 23.8 Å². The molecule has 6 nitrogen and oxygen atoms in total. The first-order valence-corrected chi connectivity index (χ1v) is 8.52. The van der Waals surface area contributed by atoms with E-state index in [2.05, 4.69) is 17.1 Å². The summed E-state index contributed by atoms with van der Waals surface area (Å²) in [6.45, 7) is 5.66. The smallest absolute Gasteiger partial charge is 0.227 e. The Kier molecular flexibility index (Phi) is 5.04. The number of rotatable bonds is 4. The monoisotopic (exact) mass is 331 g/mol. The molecule has 2 fully saturated rings. The Balaban J connectivity index is 1.70. The molecule has 24 heavy (non-hydrogen) atoms. The lowest BCUT2D eigenvalue weighted by atomic mass is 10.1. The molecule has 0 saturated carbocycles. The van der Waals surface area contributed by atoms with E-state index in [4.69, 9.17) is 4.74 Å². The lowest BCUT2D eigenvalue weighted by molar-refractivity contribution is -0.132. The van der Waals surface area contributed by atoms with Crippen LogP contribution in [0.4, 0.5) is 0 Å². The fourth-order valence-corrected chi connectivity index (χ4v) is 3.53. The van der Waals surface area contributed by atoms with Crippen LogP contribution < -0.4 is 10.1 Å². The summed E-state index contributed by atoms with van der Waals surface area (Å²) < 4.78 is 5.22. The molecule has 0 aliphatic carbocycles. The van der Waals surface area contributed by atoms with Crippen LogP contribution in [-0.2, 0) is 16.0 Å². The van der Waals surface area contributed by atoms with Crippen LogP contribution in [0.25, 0.3) is 0 Å². The Morgan fingerprint density at radius 3 is 2.88 bits per heavy atom. The van der Waals surface area contributed by atoms with E-state index in [9.17, 15) is 9.59 Å². The first-order chi connectivity index (χ1) is 11.6. The van der Waals surface area contributed by atoms with Crippen LogP contribution in [0.3, 0.4) is 0 Å². The molecular formula is C18H25N3O3. The first-order valence-electron chi connectivity index (χ1n) is 8.52. The number of likely N-dealkylation sites (N-methyl/N-ethyl adjacent to an activating group) is 1. The van der Waals surface area contributed by atoms with Gasteiger partial charge >= 0.3 is 0 Å². The molecule has 2 atom stereocenters. The molecule has 2 amide bonds. The molecule has 0 aromatic heterocycles. The Morgan fingerprint density at radius 1 is 1.29 bits per heavy atom. The maximum Gasteiger partial charge on any atom is 0.227 e. The zero-order chi connectivity index (χ0) is 17.1. The van der Waals surface area contributed by atoms with Crippen molar-refractivity contribution in [1.82, 2.24) is 15.1 Å². The molecule has 1 N–H and O–H groups in total. The van der Waals surface area contributed by atoms with Gasteiger partial charge < -0.3 is 19.9 Å². The summed E-state index contributed by atoms with van der Waals surface area (Å²) >= 11 is 0. The van der Waals surface area contributed by atoms with Gasteiger partial charge in [0.15, 0.2) is 0 Å². The van der Waals surface area contributed by atoms with Crippen LogP contribution in [-0.4, -0.2) is 67.5 Å². The number of nitrogens with zero attached hydrogens (tertiary/aromatic N) is 2. The Labute approximate surface area is 142 Å². The third-order valence-corrected chi connectivity index (χ3v) is 4.85. The van der Waals surface area contributed by atoms with Crippen molar-refractivity contribution in [3.63, 3.8) is 0 Å². The molecular weight excluding hydrogens is 306 g/mol. The Bertz CT molecular complexity index is 619. The second kappa shape index (κ2) is 7.21. The van der Waals surface area contributed by atoms with Crippen LogP contribution in [0.2, 0.25) is 0 Å². The molecule has 6 heteroatoms. The number of amides is 2. The average Bonchev–Trinajstić information content (AvgIpc) is 2.81. The van der Waals surface area contributed by atoms with Gasteiger partial charge in [-0.25, -0.2) is 0 Å². The van der Waals surface area contributed by atoms with Crippen molar-refractivity contribution >= 4 is 11.8 Å². The van der Waals surface area contributed by atoms with Crippen LogP contribution >= 0.6 is 0 Å². The number of hydrogen-bond donors (Lipinski definition) is 1. The van der Waals surface area contributed by atoms with Crippen LogP contribution in [0.5, 0.6) is 5.75 Å². The number of nitrogens with one attached hydrogen (secondary N) is 1. The summed E-state index contributed by atoms with van der Waals surface area (Å²) in [5, 5.41) is 3.08. The van der Waals surface area contributed by atoms with Crippen molar-refractivity contribution in [2.24, 2.45) is 5.92 Å². The molecule has 2 bridgehead atoms. The predicted octanol–water partition coefficient (Wildman–Crippen LogP) is 0.516. The van der Waals surface area contributed by atoms with Gasteiger partial charge in [0.1, 0.15) is 5.75 Å². The summed E-state index contributed by atoms with van der Waals surface area (Å²) in [5.41, 5.74) is 0.934. The van der Waals surface area contributed by atoms with Crippen LogP contribution in [0.15, 0.2) is 24.3 Å². The molecule has 0 spiro atoms. The van der Waals surface area contributed by atoms with Crippen molar-refractivity contribution in [2.45, 2.75) is 19.4 Å². The average molecular weight is 331 g/mol. The largest absolute Gasteiger partial charge is 0.497 e. The van der Waals surface area contributed by atoms with E-state index in [0.29, 0.717) is 19.5 Å². The molecule has 2 saturated heterocycles. The molecule has 130 valence electrons. The summed E-state index contributed by atoms with van der Waals surface area (Å²) in [6, 6.07) is 7.59. The van der Waals surface area contributed by atoms with Crippen molar-refractivity contribution in [3.8, 4) is 5.75 Å². The van der Waals surface area contributed by atoms with Crippen LogP contribution in [0, 0.1) is 5.92 Å². The first kappa shape index (κ1) is 16.8. The zero-order valence-corrected chi connectivity index (χ0v) is 14.3. The van der Waals surface area contributed by atoms with E-state index in [1.54, 1.807) is 7.11 Å². The highest BCUT2D eigenvalue weighted by Crippen LogP contribution is 2.18. The number of fused-ring (bicyclic) bond motifs is 3. The lowest BCUT2D eigenvalue weighted by Gasteiger charge is -2.32. The van der Waals surface area contributed by atoms with E-state index in [1.807, 2.05) is 29.2 Å². The highest BCUT2D eigenvalue weighted by Gasteiger charge is 2.36. The number of ether oxygens (including phenoxy) is 1. The number of carbonyl (C=O) groups is 2. The van der Waals surface area contributed by atoms with Crippen molar-refractivity contribution in [2.75, 3.05) is 39.8 Å². The minimum atomic E-state index is -0.147. The maximum atomic E-state index is 12.7. The van der Waals surface area contributed by atoms with Gasteiger partial charge in [-0.15, -0.1) is 0 Å². The molecule has 2 aliphatic heterocycles. The normalized spacial score (nSPS) is 24.2. The topological polar surface area (TPSA) is 61.9 Å². The summed E-state index contributed by atoms with van der Waals surface area (Å²) in [7, 11) is 1.62. The van der Waals surface area contributed by atoms with Crippen molar-refractivity contribution in [3.05, 3.63) is 29.8 Å². The molecule has 2 aliphatic rings. The van der Waals surface area contributed by atoms with Crippen molar-refractivity contribution < 1.29 is 14.3 Å². The fourth-order valence-electron chi connectivity index (χ4n) is 3.53. The second-order valence-electron chi connectivity index (χ2n) is 6.58. The van der Waals surface area contributed by atoms with E-state index >= 15 is 0 Å². The molecule has 0 unspecified atom stereocenters. The third-order valence-electron chi connectivity index (χ3n) is 4.85. The molecule has 2 heterocycles. The van der Waals surface area contributed by atoms with Crippen LogP contribution in [0.1, 0.15) is 12.5 Å². The molecule has 3 rings (SSSR count). The van der Waals surface area contributed by atoms with Gasteiger partial charge in [0.2, 0.25) is 11.8 Å². The minimum absolute atomic E-state index is 0.0132. The molecule has 0 radical (unpaired) electrons. The summed E-state index contributed by atoms with van der Waals surface area (Å²) in [6.07, 6.45) is 0.336. The summed E-state index contributed by atoms with van der Waals surface area (Å²) in [4.78, 5) is 29.2. The van der Waals surface area contributed by atoms with E-state index in [0.717, 1.165) is 30.9 Å². The van der Waals surface area contributed by atoms with E-state index < -0.39 is 0 Å². The minimum Gasteiger partial charge on any atom is -0.497 e. The number of hydrogen-bond acceptors (Lipinski definition) is 4. The van der Waals surface area contributed by atoms with Gasteiger partial charge in [0.05, 0.1) is 25.5 Å². The van der Waals surface area contributed by atoms with E-state index in [1.165, 1.54) is 0 Å². The highest BCUT2D eigenvalue weighted by atomic mass is 16.5. The molecule has 1 aromatic carbocycles. The third kappa shape index (κ3) is 3.70. The number of benzene rings is 1. The fraction of sp³-hybridized carbons (Fsp3) is 0.556. The van der Waals surface area contributed by atoms with Gasteiger partial charge in [0.25, 0.3) is 0 Å².